The van der Waals surface area contributed by atoms with Gasteiger partial charge in [0.05, 0.1) is 11.0 Å². The molecule has 1 aliphatic heterocycles. The highest BCUT2D eigenvalue weighted by molar-refractivity contribution is 5.80. The molecule has 0 spiro atoms. The predicted octanol–water partition coefficient (Wildman–Crippen LogP) is 1.51. The molecule has 34 heavy (non-hydrogen) atoms. The van der Waals surface area contributed by atoms with E-state index in [1.807, 2.05) is 19.1 Å². The standard InChI is InChI=1S/C26H33N5O3/c1-2-30-22-11-6-7-12-23(22)31(26(34)25(30)33)20-24(32)27-13-8-14-28-15-17-29(18-16-28)19-21-9-4-3-5-10-21/h3-7,9-12H,2,8,13-20H2,1H3,(H,27,32). The molecule has 8 nitrogen and oxygen atoms in total. The Labute approximate surface area is 199 Å². The van der Waals surface area contributed by atoms with Crippen LogP contribution < -0.4 is 16.4 Å². The Bertz CT molecular complexity index is 1230. The smallest absolute Gasteiger partial charge is 0.317 e. The number of aryl methyl sites for hydroxylation is 1. The van der Waals surface area contributed by atoms with Crippen LogP contribution in [0.1, 0.15) is 18.9 Å². The van der Waals surface area contributed by atoms with Gasteiger partial charge in [-0.15, -0.1) is 0 Å². The van der Waals surface area contributed by atoms with E-state index in [2.05, 4.69) is 39.4 Å². The molecule has 4 rings (SSSR count). The summed E-state index contributed by atoms with van der Waals surface area (Å²) in [4.78, 5) is 42.5. The second-order valence-electron chi connectivity index (χ2n) is 8.74. The van der Waals surface area contributed by atoms with Gasteiger partial charge in [0.1, 0.15) is 6.54 Å². The summed E-state index contributed by atoms with van der Waals surface area (Å²) in [7, 11) is 0. The van der Waals surface area contributed by atoms with Crippen LogP contribution in [-0.2, 0) is 24.4 Å². The number of benzene rings is 2. The molecule has 3 aromatic rings. The Morgan fingerprint density at radius 1 is 0.824 bits per heavy atom. The first kappa shape index (κ1) is 23.9. The van der Waals surface area contributed by atoms with E-state index < -0.39 is 11.1 Å². The van der Waals surface area contributed by atoms with Crippen molar-refractivity contribution in [2.45, 2.75) is 33.0 Å². The highest BCUT2D eigenvalue weighted by Crippen LogP contribution is 2.11. The van der Waals surface area contributed by atoms with Gasteiger partial charge in [-0.3, -0.25) is 23.9 Å². The number of aromatic nitrogens is 2. The Kier molecular flexibility index (Phi) is 7.92. The summed E-state index contributed by atoms with van der Waals surface area (Å²) in [5.41, 5.74) is 1.34. The summed E-state index contributed by atoms with van der Waals surface area (Å²) in [6.45, 7) is 8.66. The minimum atomic E-state index is -0.663. The number of carbonyl (C=O) groups is 1. The van der Waals surface area contributed by atoms with Crippen molar-refractivity contribution in [3.05, 3.63) is 80.9 Å². The van der Waals surface area contributed by atoms with E-state index in [9.17, 15) is 14.4 Å². The van der Waals surface area contributed by atoms with Crippen molar-refractivity contribution in [1.29, 1.82) is 0 Å². The van der Waals surface area contributed by atoms with Crippen molar-refractivity contribution in [2.24, 2.45) is 0 Å². The van der Waals surface area contributed by atoms with Gasteiger partial charge in [-0.1, -0.05) is 42.5 Å². The summed E-state index contributed by atoms with van der Waals surface area (Å²) in [6, 6.07) is 17.7. The molecule has 1 N–H and O–H groups in total. The highest BCUT2D eigenvalue weighted by atomic mass is 16.2. The molecular weight excluding hydrogens is 430 g/mol. The summed E-state index contributed by atoms with van der Waals surface area (Å²) in [6.07, 6.45) is 0.845. The molecule has 180 valence electrons. The van der Waals surface area contributed by atoms with E-state index in [0.29, 0.717) is 24.1 Å². The summed E-state index contributed by atoms with van der Waals surface area (Å²) >= 11 is 0. The molecule has 0 aliphatic carbocycles. The van der Waals surface area contributed by atoms with Crippen LogP contribution in [0, 0.1) is 0 Å². The first-order valence-electron chi connectivity index (χ1n) is 12.0. The van der Waals surface area contributed by atoms with E-state index >= 15 is 0 Å². The second kappa shape index (κ2) is 11.3. The van der Waals surface area contributed by atoms with E-state index in [0.717, 1.165) is 45.7 Å². The number of hydrogen-bond acceptors (Lipinski definition) is 5. The van der Waals surface area contributed by atoms with Crippen LogP contribution in [0.2, 0.25) is 0 Å². The molecule has 2 aromatic carbocycles. The van der Waals surface area contributed by atoms with Gasteiger partial charge in [0.2, 0.25) is 5.91 Å². The van der Waals surface area contributed by atoms with Crippen LogP contribution in [0.5, 0.6) is 0 Å². The van der Waals surface area contributed by atoms with Crippen molar-refractivity contribution in [1.82, 2.24) is 24.3 Å². The lowest BCUT2D eigenvalue weighted by molar-refractivity contribution is -0.121. The third-order valence-electron chi connectivity index (χ3n) is 6.44. The minimum absolute atomic E-state index is 0.155. The summed E-state index contributed by atoms with van der Waals surface area (Å²) in [5, 5.41) is 2.91. The van der Waals surface area contributed by atoms with Gasteiger partial charge in [0.15, 0.2) is 0 Å². The zero-order valence-corrected chi connectivity index (χ0v) is 19.8. The number of para-hydroxylation sites is 2. The summed E-state index contributed by atoms with van der Waals surface area (Å²) in [5.74, 6) is -0.256. The zero-order chi connectivity index (χ0) is 23.9. The number of amides is 1. The highest BCUT2D eigenvalue weighted by Gasteiger charge is 2.17. The molecule has 1 fully saturated rings. The number of hydrogen-bond donors (Lipinski definition) is 1. The fourth-order valence-electron chi connectivity index (χ4n) is 4.58. The van der Waals surface area contributed by atoms with E-state index in [-0.39, 0.29) is 12.5 Å². The fraction of sp³-hybridized carbons (Fsp3) is 0.423. The lowest BCUT2D eigenvalue weighted by Gasteiger charge is -2.34. The first-order valence-corrected chi connectivity index (χ1v) is 12.0. The lowest BCUT2D eigenvalue weighted by atomic mass is 10.2. The summed E-state index contributed by atoms with van der Waals surface area (Å²) < 4.78 is 2.73. The minimum Gasteiger partial charge on any atom is -0.355 e. The lowest BCUT2D eigenvalue weighted by Crippen LogP contribution is -2.46. The maximum absolute atomic E-state index is 12.6. The maximum Gasteiger partial charge on any atom is 0.317 e. The molecule has 0 atom stereocenters. The SMILES string of the molecule is CCn1c(=O)c(=O)n(CC(=O)NCCCN2CCN(Cc3ccccc3)CC2)c2ccccc21. The first-order chi connectivity index (χ1) is 16.6. The Morgan fingerprint density at radius 3 is 2.09 bits per heavy atom. The zero-order valence-electron chi connectivity index (χ0n) is 19.8. The van der Waals surface area contributed by atoms with Gasteiger partial charge in [0, 0.05) is 45.8 Å². The average molecular weight is 464 g/mol. The van der Waals surface area contributed by atoms with Crippen LogP contribution in [0.3, 0.4) is 0 Å². The van der Waals surface area contributed by atoms with E-state index in [1.165, 1.54) is 14.7 Å². The number of nitrogens with zero attached hydrogens (tertiary/aromatic N) is 4. The van der Waals surface area contributed by atoms with Crippen molar-refractivity contribution in [3.8, 4) is 0 Å². The number of rotatable bonds is 9. The Morgan fingerprint density at radius 2 is 1.41 bits per heavy atom. The molecule has 0 unspecified atom stereocenters. The van der Waals surface area contributed by atoms with E-state index in [4.69, 9.17) is 0 Å². The quantitative estimate of drug-likeness (QED) is 0.384. The average Bonchev–Trinajstić information content (AvgIpc) is 2.86. The molecule has 0 bridgehead atoms. The van der Waals surface area contributed by atoms with Crippen LogP contribution in [-0.4, -0.2) is 64.1 Å². The monoisotopic (exact) mass is 463 g/mol. The fourth-order valence-corrected chi connectivity index (χ4v) is 4.58. The Hall–Kier alpha value is -3.23. The number of carbonyl (C=O) groups excluding carboxylic acids is 1. The predicted molar refractivity (Wildman–Crippen MR) is 134 cm³/mol. The normalized spacial score (nSPS) is 15.0. The van der Waals surface area contributed by atoms with Crippen LogP contribution in [0.4, 0.5) is 0 Å². The van der Waals surface area contributed by atoms with Gasteiger partial charge < -0.3 is 14.8 Å². The van der Waals surface area contributed by atoms with Crippen LogP contribution >= 0.6 is 0 Å². The van der Waals surface area contributed by atoms with Crippen molar-refractivity contribution in [3.63, 3.8) is 0 Å². The van der Waals surface area contributed by atoms with Crippen LogP contribution in [0.25, 0.3) is 11.0 Å². The van der Waals surface area contributed by atoms with E-state index in [1.54, 1.807) is 18.2 Å². The van der Waals surface area contributed by atoms with Gasteiger partial charge in [-0.2, -0.15) is 0 Å². The largest absolute Gasteiger partial charge is 0.355 e. The topological polar surface area (TPSA) is 79.6 Å². The third kappa shape index (κ3) is 5.63. The molecule has 1 amide bonds. The van der Waals surface area contributed by atoms with Crippen LogP contribution in [0.15, 0.2) is 64.2 Å². The molecule has 1 aliphatic rings. The molecular formula is C26H33N5O3. The van der Waals surface area contributed by atoms with Crippen molar-refractivity contribution < 1.29 is 4.79 Å². The van der Waals surface area contributed by atoms with Gasteiger partial charge in [-0.25, -0.2) is 0 Å². The number of nitrogens with one attached hydrogen (secondary N) is 1. The van der Waals surface area contributed by atoms with Gasteiger partial charge in [-0.05, 0) is 37.6 Å². The third-order valence-corrected chi connectivity index (χ3v) is 6.44. The van der Waals surface area contributed by atoms with Gasteiger partial charge in [0.25, 0.3) is 0 Å². The number of fused-ring (bicyclic) bond motifs is 1. The molecule has 1 saturated heterocycles. The molecule has 0 saturated carbocycles. The van der Waals surface area contributed by atoms with Gasteiger partial charge >= 0.3 is 11.1 Å². The molecule has 1 aromatic heterocycles. The number of piperazine rings is 1. The maximum atomic E-state index is 12.6. The molecule has 2 heterocycles. The molecule has 0 radical (unpaired) electrons. The Balaban J connectivity index is 1.24. The van der Waals surface area contributed by atoms with Crippen molar-refractivity contribution >= 4 is 16.9 Å². The second-order valence-corrected chi connectivity index (χ2v) is 8.74. The molecule has 8 heteroatoms. The van der Waals surface area contributed by atoms with Crippen molar-refractivity contribution in [2.75, 3.05) is 39.3 Å².